The zero-order valence-corrected chi connectivity index (χ0v) is 9.79. The van der Waals surface area contributed by atoms with Crippen molar-refractivity contribution in [1.29, 1.82) is 0 Å². The van der Waals surface area contributed by atoms with E-state index in [1.165, 1.54) is 5.56 Å². The van der Waals surface area contributed by atoms with Crippen molar-refractivity contribution in [2.75, 3.05) is 0 Å². The lowest BCUT2D eigenvalue weighted by Gasteiger charge is -1.82. The van der Waals surface area contributed by atoms with Gasteiger partial charge in [0.2, 0.25) is 0 Å². The van der Waals surface area contributed by atoms with E-state index in [0.717, 1.165) is 0 Å². The van der Waals surface area contributed by atoms with E-state index in [0.29, 0.717) is 0 Å². The minimum absolute atomic E-state index is 0. The van der Waals surface area contributed by atoms with Crippen LogP contribution in [0.25, 0.3) is 0 Å². The molecule has 1 N–H and O–H groups in total. The third-order valence-corrected chi connectivity index (χ3v) is 0.940. The number of hydrogen-bond donors (Lipinski definition) is 1. The lowest BCUT2D eigenvalue weighted by molar-refractivity contribution is -0.398. The Hall–Kier alpha value is -0.580. The molecule has 0 saturated carbocycles. The first-order chi connectivity index (χ1) is 4.81. The van der Waals surface area contributed by atoms with Gasteiger partial charge >= 0.3 is 0 Å². The first kappa shape index (κ1) is 29.2. The van der Waals surface area contributed by atoms with Crippen molar-refractivity contribution in [1.82, 2.24) is 0 Å². The van der Waals surface area contributed by atoms with Gasteiger partial charge in [-0.05, 0) is 6.92 Å². The molecule has 0 aliphatic carbocycles. The van der Waals surface area contributed by atoms with E-state index in [2.05, 4.69) is 19.1 Å². The van der Waals surface area contributed by atoms with Crippen molar-refractivity contribution in [3.8, 4) is 0 Å². The molecule has 0 fully saturated rings. The summed E-state index contributed by atoms with van der Waals surface area (Å²) in [5.74, 6) is 0. The fraction of sp³-hybridized carbons (Fsp3) is 0.143. The van der Waals surface area contributed by atoms with Gasteiger partial charge in [-0.2, -0.15) is 0 Å². The maximum Gasteiger partial charge on any atom is 0.00366 e. The molecule has 1 aromatic rings. The van der Waals surface area contributed by atoms with E-state index in [9.17, 15) is 0 Å². The topological polar surface area (TPSA) is 54.1 Å². The van der Waals surface area contributed by atoms with Crippen LogP contribution in [-0.4, -0.2) is 0 Å². The highest BCUT2D eigenvalue weighted by Gasteiger charge is 1.72. The number of halogens is 4. The summed E-state index contributed by atoms with van der Waals surface area (Å²) in [5, 5.41) is 8.38. The highest BCUT2D eigenvalue weighted by Crippen LogP contribution is 1.92. The van der Waals surface area contributed by atoms with E-state index in [1.807, 2.05) is 18.2 Å². The van der Waals surface area contributed by atoms with Gasteiger partial charge in [-0.1, -0.05) is 35.9 Å². The second-order valence-corrected chi connectivity index (χ2v) is 1.74. The largest absolute Gasteiger partial charge is 0.269 e. The molecular formula is C7H13Cl3FNO2. The van der Waals surface area contributed by atoms with E-state index in [-0.39, 0.29) is 47.3 Å². The van der Waals surface area contributed by atoms with Crippen LogP contribution < -0.4 is 5.34 Å². The molecular weight excluding hydrogens is 255 g/mol. The smallest absolute Gasteiger partial charge is 0.00366 e. The van der Waals surface area contributed by atoms with Crippen molar-refractivity contribution in [3.05, 3.63) is 46.0 Å². The van der Waals surface area contributed by atoms with Crippen molar-refractivity contribution in [3.63, 3.8) is 0 Å². The summed E-state index contributed by atoms with van der Waals surface area (Å²) in [6, 6.07) is 10.3. The molecule has 0 amide bonds. The maximum atomic E-state index is 8.12. The molecule has 0 aliphatic heterocycles. The molecule has 1 aromatic carbocycles. The average Bonchev–Trinajstić information content (AvgIpc) is 1.91. The number of aryl methyl sites for hydroxylation is 1. The summed E-state index contributed by atoms with van der Waals surface area (Å²) in [6.45, 7) is 2.08. The molecule has 3 nitrogen and oxygen atoms in total. The van der Waals surface area contributed by atoms with Crippen LogP contribution in [0.3, 0.4) is 0 Å². The van der Waals surface area contributed by atoms with Crippen LogP contribution in [0.1, 0.15) is 5.56 Å². The van der Waals surface area contributed by atoms with Gasteiger partial charge < -0.3 is 0 Å². The summed E-state index contributed by atoms with van der Waals surface area (Å²) in [5.41, 5.74) is 1.32. The van der Waals surface area contributed by atoms with Crippen LogP contribution in [0.2, 0.25) is 0 Å². The summed E-state index contributed by atoms with van der Waals surface area (Å²) in [7, 11) is 0. The first-order valence-electron chi connectivity index (χ1n) is 2.82. The summed E-state index contributed by atoms with van der Waals surface area (Å²) in [4.78, 5) is 8.12. The first-order valence-corrected chi connectivity index (χ1v) is 2.82. The SMILES string of the molecule is Cc1ccccc1.Cl.Cl.Cl.F.O=[NH+][O-]. The molecule has 0 spiro atoms. The monoisotopic (exact) mass is 267 g/mol. The predicted octanol–water partition coefficient (Wildman–Crippen LogP) is 1.74. The summed E-state index contributed by atoms with van der Waals surface area (Å²) in [6.07, 6.45) is 0. The van der Waals surface area contributed by atoms with Gasteiger partial charge in [-0.25, -0.2) is 0 Å². The van der Waals surface area contributed by atoms with E-state index < -0.39 is 0 Å². The Morgan fingerprint density at radius 3 is 1.50 bits per heavy atom. The molecule has 86 valence electrons. The van der Waals surface area contributed by atoms with Gasteiger partial charge in [0.1, 0.15) is 0 Å². The molecule has 0 aromatic heterocycles. The van der Waals surface area contributed by atoms with Gasteiger partial charge in [0, 0.05) is 5.34 Å². The Morgan fingerprint density at radius 1 is 1.07 bits per heavy atom. The van der Waals surface area contributed by atoms with Gasteiger partial charge in [0.25, 0.3) is 0 Å². The quantitative estimate of drug-likeness (QED) is 0.576. The fourth-order valence-electron chi connectivity index (χ4n) is 0.534. The standard InChI is InChI=1S/C7H8.3ClH.FH.HNO2/c1-7-5-3-2-4-6-7;;;;;2-1-3/h2-6H,1H3;4*1H;1H. The minimum Gasteiger partial charge on any atom is -0.269 e. The molecule has 0 aliphatic rings. The van der Waals surface area contributed by atoms with Crippen LogP contribution >= 0.6 is 37.2 Å². The lowest BCUT2D eigenvalue weighted by Crippen LogP contribution is -2.53. The zero-order valence-electron chi connectivity index (χ0n) is 7.34. The van der Waals surface area contributed by atoms with Crippen LogP contribution in [0.5, 0.6) is 0 Å². The minimum atomic E-state index is 0. The second kappa shape index (κ2) is 22.8. The molecule has 0 radical (unpaired) electrons. The van der Waals surface area contributed by atoms with Gasteiger partial charge in [0.05, 0.1) is 0 Å². The number of hydrogen-bond acceptors (Lipinski definition) is 2. The van der Waals surface area contributed by atoms with E-state index >= 15 is 0 Å². The molecule has 1 rings (SSSR count). The lowest BCUT2D eigenvalue weighted by atomic mass is 10.2. The Balaban J connectivity index is -0.0000000355. The molecule has 7 heteroatoms. The summed E-state index contributed by atoms with van der Waals surface area (Å²) >= 11 is 0. The third-order valence-electron chi connectivity index (χ3n) is 0.940. The van der Waals surface area contributed by atoms with Gasteiger partial charge in [0.15, 0.2) is 0 Å². The zero-order chi connectivity index (χ0) is 7.82. The van der Waals surface area contributed by atoms with Crippen molar-refractivity contribution in [2.45, 2.75) is 6.92 Å². The van der Waals surface area contributed by atoms with Gasteiger partial charge in [-0.15, -0.1) is 37.2 Å². The molecule has 0 unspecified atom stereocenters. The van der Waals surface area contributed by atoms with Crippen LogP contribution in [0.15, 0.2) is 30.3 Å². The van der Waals surface area contributed by atoms with E-state index in [4.69, 9.17) is 10.1 Å². The van der Waals surface area contributed by atoms with Crippen molar-refractivity contribution < 1.29 is 10.0 Å². The predicted molar refractivity (Wildman–Crippen MR) is 63.1 cm³/mol. The van der Waals surface area contributed by atoms with Crippen molar-refractivity contribution in [2.24, 2.45) is 0 Å². The Bertz CT molecular complexity index is 190. The Labute approximate surface area is 100 Å². The Morgan fingerprint density at radius 2 is 1.36 bits per heavy atom. The molecule has 0 saturated heterocycles. The molecule has 0 atom stereocenters. The van der Waals surface area contributed by atoms with Gasteiger partial charge in [-0.3, -0.25) is 14.8 Å². The van der Waals surface area contributed by atoms with Crippen LogP contribution in [0, 0.1) is 17.0 Å². The highest BCUT2D eigenvalue weighted by atomic mass is 35.5. The Kier molecular flexibility index (Phi) is 47.7. The number of nitrogens with one attached hydrogen (secondary N) is 1. The van der Waals surface area contributed by atoms with Crippen molar-refractivity contribution >= 4 is 37.2 Å². The summed E-state index contributed by atoms with van der Waals surface area (Å²) < 4.78 is 0. The third kappa shape index (κ3) is 22.5. The molecule has 0 heterocycles. The average molecular weight is 269 g/mol. The van der Waals surface area contributed by atoms with Crippen LogP contribution in [-0.2, 0) is 0 Å². The number of rotatable bonds is 0. The maximum absolute atomic E-state index is 8.12. The second-order valence-electron chi connectivity index (χ2n) is 1.74. The number of benzene rings is 1. The van der Waals surface area contributed by atoms with E-state index in [1.54, 1.807) is 0 Å². The normalized spacial score (nSPS) is 5.21. The fourth-order valence-corrected chi connectivity index (χ4v) is 0.534. The highest BCUT2D eigenvalue weighted by molar-refractivity contribution is 5.86. The molecule has 0 bridgehead atoms. The molecule has 14 heavy (non-hydrogen) atoms. The van der Waals surface area contributed by atoms with Crippen LogP contribution in [0.4, 0.5) is 4.70 Å².